The minimum atomic E-state index is -0.885. The van der Waals surface area contributed by atoms with Gasteiger partial charge in [-0.05, 0) is 19.1 Å². The Labute approximate surface area is 122 Å². The second-order valence-corrected chi connectivity index (χ2v) is 4.93. The average molecular weight is 294 g/mol. The second kappa shape index (κ2) is 5.96. The minimum absolute atomic E-state index is 0.0927. The van der Waals surface area contributed by atoms with Crippen molar-refractivity contribution in [2.75, 3.05) is 11.4 Å². The fourth-order valence-corrected chi connectivity index (χ4v) is 2.29. The zero-order valence-electron chi connectivity index (χ0n) is 11.4. The molecule has 1 aromatic heterocycles. The molecule has 1 aromatic carbocycles. The Morgan fingerprint density at radius 1 is 1.40 bits per heavy atom. The summed E-state index contributed by atoms with van der Waals surface area (Å²) in [5.41, 5.74) is 2.38. The van der Waals surface area contributed by atoms with Crippen molar-refractivity contribution >= 4 is 23.3 Å². The molecule has 0 radical (unpaired) electrons. The Morgan fingerprint density at radius 3 is 2.55 bits per heavy atom. The Kier molecular flexibility index (Phi) is 4.29. The van der Waals surface area contributed by atoms with Gasteiger partial charge in [-0.3, -0.25) is 9.48 Å². The van der Waals surface area contributed by atoms with Crippen LogP contribution in [0, 0.1) is 6.92 Å². The molecule has 0 spiro atoms. The number of anilines is 1. The van der Waals surface area contributed by atoms with E-state index in [1.807, 2.05) is 37.3 Å². The molecule has 0 aliphatic carbocycles. The fraction of sp³-hybridized carbons (Fsp3) is 0.286. The lowest BCUT2D eigenvalue weighted by molar-refractivity contribution is -0.135. The molecular weight excluding hydrogens is 278 g/mol. The lowest BCUT2D eigenvalue weighted by Crippen LogP contribution is -2.30. The summed E-state index contributed by atoms with van der Waals surface area (Å²) in [5.74, 6) is -0.885. The SMILES string of the molecule is Cc1nn(C)c(CN(CC(=O)O)c2ccccc2)c1Cl. The largest absolute Gasteiger partial charge is 0.480 e. The van der Waals surface area contributed by atoms with Crippen LogP contribution in [0.4, 0.5) is 5.69 Å². The summed E-state index contributed by atoms with van der Waals surface area (Å²) in [7, 11) is 1.80. The van der Waals surface area contributed by atoms with Crippen LogP contribution < -0.4 is 4.90 Å². The van der Waals surface area contributed by atoms with Gasteiger partial charge in [-0.15, -0.1) is 0 Å². The normalized spacial score (nSPS) is 10.6. The molecule has 0 fully saturated rings. The summed E-state index contributed by atoms with van der Waals surface area (Å²) < 4.78 is 1.69. The molecule has 1 N–H and O–H groups in total. The van der Waals surface area contributed by atoms with Gasteiger partial charge in [0.25, 0.3) is 0 Å². The maximum absolute atomic E-state index is 11.1. The molecule has 0 amide bonds. The van der Waals surface area contributed by atoms with Crippen molar-refractivity contribution in [1.82, 2.24) is 9.78 Å². The number of rotatable bonds is 5. The van der Waals surface area contributed by atoms with Crippen LogP contribution in [0.3, 0.4) is 0 Å². The first-order valence-corrected chi connectivity index (χ1v) is 6.56. The molecule has 0 aliphatic heterocycles. The highest BCUT2D eigenvalue weighted by Crippen LogP contribution is 2.23. The molecule has 0 atom stereocenters. The van der Waals surface area contributed by atoms with Crippen molar-refractivity contribution in [2.24, 2.45) is 7.05 Å². The van der Waals surface area contributed by atoms with Crippen molar-refractivity contribution in [3.05, 3.63) is 46.7 Å². The number of aryl methyl sites for hydroxylation is 2. The molecule has 5 nitrogen and oxygen atoms in total. The lowest BCUT2D eigenvalue weighted by atomic mass is 10.2. The number of halogens is 1. The quantitative estimate of drug-likeness (QED) is 0.920. The summed E-state index contributed by atoms with van der Waals surface area (Å²) in [6, 6.07) is 9.39. The predicted octanol–water partition coefficient (Wildman–Crippen LogP) is 2.47. The molecule has 2 rings (SSSR count). The van der Waals surface area contributed by atoms with E-state index in [0.29, 0.717) is 11.6 Å². The predicted molar refractivity (Wildman–Crippen MR) is 78.1 cm³/mol. The van der Waals surface area contributed by atoms with Crippen molar-refractivity contribution in [2.45, 2.75) is 13.5 Å². The Morgan fingerprint density at radius 2 is 2.05 bits per heavy atom. The van der Waals surface area contributed by atoms with E-state index in [2.05, 4.69) is 5.10 Å². The van der Waals surface area contributed by atoms with Crippen molar-refractivity contribution < 1.29 is 9.90 Å². The number of nitrogens with zero attached hydrogens (tertiary/aromatic N) is 3. The number of aromatic nitrogens is 2. The van der Waals surface area contributed by atoms with Crippen LogP contribution in [-0.4, -0.2) is 27.4 Å². The smallest absolute Gasteiger partial charge is 0.323 e. The summed E-state index contributed by atoms with van der Waals surface area (Å²) in [6.45, 7) is 2.13. The van der Waals surface area contributed by atoms with E-state index in [9.17, 15) is 4.79 Å². The van der Waals surface area contributed by atoms with Crippen molar-refractivity contribution in [1.29, 1.82) is 0 Å². The van der Waals surface area contributed by atoms with Crippen LogP contribution >= 0.6 is 11.6 Å². The summed E-state index contributed by atoms with van der Waals surface area (Å²) in [4.78, 5) is 12.8. The number of carbonyl (C=O) groups is 1. The van der Waals surface area contributed by atoms with Gasteiger partial charge < -0.3 is 10.0 Å². The molecule has 0 saturated heterocycles. The van der Waals surface area contributed by atoms with Crippen LogP contribution in [0.15, 0.2) is 30.3 Å². The van der Waals surface area contributed by atoms with Crippen LogP contribution in [-0.2, 0) is 18.4 Å². The highest BCUT2D eigenvalue weighted by atomic mass is 35.5. The molecule has 20 heavy (non-hydrogen) atoms. The van der Waals surface area contributed by atoms with Crippen LogP contribution in [0.2, 0.25) is 5.02 Å². The molecular formula is C14H16ClN3O2. The fourth-order valence-electron chi connectivity index (χ4n) is 2.07. The number of hydrogen-bond acceptors (Lipinski definition) is 3. The van der Waals surface area contributed by atoms with E-state index < -0.39 is 5.97 Å². The van der Waals surface area contributed by atoms with Crippen LogP contribution in [0.1, 0.15) is 11.4 Å². The molecule has 0 bridgehead atoms. The number of carboxylic acids is 1. The van der Waals surface area contributed by atoms with E-state index in [1.54, 1.807) is 16.6 Å². The van der Waals surface area contributed by atoms with Gasteiger partial charge in [-0.2, -0.15) is 5.10 Å². The van der Waals surface area contributed by atoms with E-state index >= 15 is 0 Å². The maximum atomic E-state index is 11.1. The van der Waals surface area contributed by atoms with Crippen LogP contribution in [0.25, 0.3) is 0 Å². The van der Waals surface area contributed by atoms with Gasteiger partial charge in [0.1, 0.15) is 6.54 Å². The molecule has 0 saturated carbocycles. The first-order valence-electron chi connectivity index (χ1n) is 6.18. The third-order valence-corrected chi connectivity index (χ3v) is 3.54. The summed E-state index contributed by atoms with van der Waals surface area (Å²) in [5, 5.41) is 13.9. The van der Waals surface area contributed by atoms with E-state index in [-0.39, 0.29) is 6.54 Å². The van der Waals surface area contributed by atoms with Gasteiger partial charge in [0.2, 0.25) is 0 Å². The minimum Gasteiger partial charge on any atom is -0.480 e. The summed E-state index contributed by atoms with van der Waals surface area (Å²) in [6.07, 6.45) is 0. The number of carboxylic acid groups (broad SMARTS) is 1. The number of aliphatic carboxylic acids is 1. The van der Waals surface area contributed by atoms with E-state index in [4.69, 9.17) is 16.7 Å². The maximum Gasteiger partial charge on any atom is 0.323 e. The van der Waals surface area contributed by atoms with Crippen LogP contribution in [0.5, 0.6) is 0 Å². The highest BCUT2D eigenvalue weighted by molar-refractivity contribution is 6.31. The Bertz CT molecular complexity index is 610. The van der Waals surface area contributed by atoms with Gasteiger partial charge in [-0.1, -0.05) is 29.8 Å². The van der Waals surface area contributed by atoms with Crippen molar-refractivity contribution in [3.8, 4) is 0 Å². The third kappa shape index (κ3) is 3.11. The van der Waals surface area contributed by atoms with E-state index in [1.165, 1.54) is 0 Å². The van der Waals surface area contributed by atoms with Gasteiger partial charge in [0.15, 0.2) is 0 Å². The van der Waals surface area contributed by atoms with Crippen molar-refractivity contribution in [3.63, 3.8) is 0 Å². The molecule has 1 heterocycles. The van der Waals surface area contributed by atoms with Gasteiger partial charge in [0.05, 0.1) is 23.0 Å². The summed E-state index contributed by atoms with van der Waals surface area (Å²) >= 11 is 6.22. The van der Waals surface area contributed by atoms with Gasteiger partial charge in [0, 0.05) is 12.7 Å². The zero-order chi connectivity index (χ0) is 14.7. The third-order valence-electron chi connectivity index (χ3n) is 3.05. The average Bonchev–Trinajstić information content (AvgIpc) is 2.65. The van der Waals surface area contributed by atoms with Gasteiger partial charge >= 0.3 is 5.97 Å². The monoisotopic (exact) mass is 293 g/mol. The Balaban J connectivity index is 2.31. The highest BCUT2D eigenvalue weighted by Gasteiger charge is 2.17. The number of hydrogen-bond donors (Lipinski definition) is 1. The second-order valence-electron chi connectivity index (χ2n) is 4.56. The van der Waals surface area contributed by atoms with E-state index in [0.717, 1.165) is 17.1 Å². The van der Waals surface area contributed by atoms with Gasteiger partial charge in [-0.25, -0.2) is 0 Å². The number of para-hydroxylation sites is 1. The molecule has 0 aliphatic rings. The first kappa shape index (κ1) is 14.4. The standard InChI is InChI=1S/C14H16ClN3O2/c1-10-14(15)12(17(2)16-10)8-18(9-13(19)20)11-6-4-3-5-7-11/h3-7H,8-9H2,1-2H3,(H,19,20). The lowest BCUT2D eigenvalue weighted by Gasteiger charge is -2.23. The molecule has 106 valence electrons. The Hall–Kier alpha value is -2.01. The zero-order valence-corrected chi connectivity index (χ0v) is 12.1. The number of benzene rings is 1. The molecule has 6 heteroatoms. The first-order chi connectivity index (χ1) is 9.49. The molecule has 0 unspecified atom stereocenters. The molecule has 2 aromatic rings. The topological polar surface area (TPSA) is 58.4 Å².